The smallest absolute Gasteiger partial charge is 0.347 e. The maximum absolute atomic E-state index is 13.3. The van der Waals surface area contributed by atoms with Crippen molar-refractivity contribution >= 4 is 17.5 Å². The van der Waals surface area contributed by atoms with Crippen molar-refractivity contribution in [1.29, 1.82) is 0 Å². The zero-order valence-corrected chi connectivity index (χ0v) is 13.4. The Morgan fingerprint density at radius 2 is 1.85 bits per heavy atom. The quantitative estimate of drug-likeness (QED) is 0.847. The van der Waals surface area contributed by atoms with Crippen LogP contribution >= 0.6 is 0 Å². The molecule has 1 unspecified atom stereocenters. The molecule has 2 aromatic carbocycles. The van der Waals surface area contributed by atoms with Gasteiger partial charge in [-0.1, -0.05) is 18.2 Å². The Bertz CT molecular complexity index is 851. The molecule has 0 bridgehead atoms. The lowest BCUT2D eigenvalue weighted by Crippen LogP contribution is -2.38. The number of rotatable bonds is 3. The largest absolute Gasteiger partial charge is 0.417 e. The first-order chi connectivity index (χ1) is 12.3. The van der Waals surface area contributed by atoms with Crippen molar-refractivity contribution in [1.82, 2.24) is 5.32 Å². The van der Waals surface area contributed by atoms with Gasteiger partial charge in [0.15, 0.2) is 0 Å². The monoisotopic (exact) mass is 366 g/mol. The molecule has 1 N–H and O–H groups in total. The highest BCUT2D eigenvalue weighted by Gasteiger charge is 2.36. The minimum atomic E-state index is -4.66. The molecule has 4 nitrogen and oxygen atoms in total. The Hall–Kier alpha value is -2.90. The third kappa shape index (κ3) is 3.68. The van der Waals surface area contributed by atoms with Gasteiger partial charge in [0, 0.05) is 18.7 Å². The molecule has 1 heterocycles. The highest BCUT2D eigenvalue weighted by atomic mass is 19.4. The number of halogens is 4. The fourth-order valence-electron chi connectivity index (χ4n) is 2.89. The lowest BCUT2D eigenvalue weighted by Gasteiger charge is -2.18. The summed E-state index contributed by atoms with van der Waals surface area (Å²) < 4.78 is 52.4. The summed E-state index contributed by atoms with van der Waals surface area (Å²) in [6, 6.07) is 9.19. The zero-order valence-electron chi connectivity index (χ0n) is 13.4. The van der Waals surface area contributed by atoms with Crippen molar-refractivity contribution in [3.8, 4) is 0 Å². The van der Waals surface area contributed by atoms with Crippen LogP contribution in [0.2, 0.25) is 0 Å². The third-order valence-corrected chi connectivity index (χ3v) is 4.06. The molecule has 136 valence electrons. The molecule has 0 saturated carbocycles. The standard InChI is InChI=1S/C18H14F4N2O2/c19-11-4-3-5-13(8-11)24-10-12(9-16(24)25)23-17(26)14-6-1-2-7-15(14)18(20,21)22/h1-8,12H,9-10H2,(H,23,26). The fourth-order valence-corrected chi connectivity index (χ4v) is 2.89. The highest BCUT2D eigenvalue weighted by molar-refractivity contribution is 5.99. The van der Waals surface area contributed by atoms with Gasteiger partial charge in [0.1, 0.15) is 5.82 Å². The molecule has 1 aliphatic heterocycles. The second kappa shape index (κ2) is 6.78. The van der Waals surface area contributed by atoms with E-state index in [1.807, 2.05) is 0 Å². The van der Waals surface area contributed by atoms with E-state index in [-0.39, 0.29) is 18.9 Å². The molecule has 3 rings (SSSR count). The van der Waals surface area contributed by atoms with Crippen molar-refractivity contribution in [2.24, 2.45) is 0 Å². The molecule has 0 aromatic heterocycles. The number of carbonyl (C=O) groups excluding carboxylic acids is 2. The molecule has 0 aliphatic carbocycles. The summed E-state index contributed by atoms with van der Waals surface area (Å²) in [6.07, 6.45) is -4.73. The minimum Gasteiger partial charge on any atom is -0.347 e. The van der Waals surface area contributed by atoms with Crippen LogP contribution in [-0.4, -0.2) is 24.4 Å². The number of hydrogen-bond acceptors (Lipinski definition) is 2. The van der Waals surface area contributed by atoms with E-state index in [0.717, 1.165) is 12.1 Å². The number of nitrogens with zero attached hydrogens (tertiary/aromatic N) is 1. The SMILES string of the molecule is O=C(NC1CC(=O)N(c2cccc(F)c2)C1)c1ccccc1C(F)(F)F. The van der Waals surface area contributed by atoms with Gasteiger partial charge in [-0.25, -0.2) is 4.39 Å². The molecule has 2 aromatic rings. The van der Waals surface area contributed by atoms with Crippen molar-refractivity contribution in [3.63, 3.8) is 0 Å². The maximum atomic E-state index is 13.3. The molecule has 26 heavy (non-hydrogen) atoms. The number of nitrogens with one attached hydrogen (secondary N) is 1. The average molecular weight is 366 g/mol. The van der Waals surface area contributed by atoms with Crippen LogP contribution in [0.25, 0.3) is 0 Å². The first-order valence-electron chi connectivity index (χ1n) is 7.79. The number of alkyl halides is 3. The van der Waals surface area contributed by atoms with Gasteiger partial charge in [-0.05, 0) is 30.3 Å². The molecule has 1 fully saturated rings. The topological polar surface area (TPSA) is 49.4 Å². The normalized spacial score (nSPS) is 17.5. The molecule has 1 aliphatic rings. The van der Waals surface area contributed by atoms with Gasteiger partial charge in [-0.3, -0.25) is 9.59 Å². The van der Waals surface area contributed by atoms with Crippen LogP contribution < -0.4 is 10.2 Å². The Balaban J connectivity index is 1.75. The Morgan fingerprint density at radius 1 is 1.12 bits per heavy atom. The molecule has 1 atom stereocenters. The zero-order chi connectivity index (χ0) is 18.9. The number of amides is 2. The van der Waals surface area contributed by atoms with Crippen molar-refractivity contribution in [2.45, 2.75) is 18.6 Å². The van der Waals surface area contributed by atoms with Gasteiger partial charge in [0.05, 0.1) is 17.2 Å². The molecule has 0 spiro atoms. The number of carbonyl (C=O) groups is 2. The molecule has 2 amide bonds. The van der Waals surface area contributed by atoms with E-state index in [4.69, 9.17) is 0 Å². The van der Waals surface area contributed by atoms with Crippen LogP contribution in [0.15, 0.2) is 48.5 Å². The Kier molecular flexibility index (Phi) is 4.67. The van der Waals surface area contributed by atoms with E-state index in [2.05, 4.69) is 5.32 Å². The van der Waals surface area contributed by atoms with E-state index in [1.165, 1.54) is 35.2 Å². The summed E-state index contributed by atoms with van der Waals surface area (Å²) in [4.78, 5) is 25.7. The van der Waals surface area contributed by atoms with Gasteiger partial charge in [-0.2, -0.15) is 13.2 Å². The molecule has 8 heteroatoms. The van der Waals surface area contributed by atoms with Crippen LogP contribution in [0.3, 0.4) is 0 Å². The van der Waals surface area contributed by atoms with Crippen LogP contribution in [-0.2, 0) is 11.0 Å². The Labute approximate surface area is 146 Å². The molecular weight excluding hydrogens is 352 g/mol. The first-order valence-corrected chi connectivity index (χ1v) is 7.79. The Morgan fingerprint density at radius 3 is 2.54 bits per heavy atom. The summed E-state index contributed by atoms with van der Waals surface area (Å²) >= 11 is 0. The summed E-state index contributed by atoms with van der Waals surface area (Å²) in [5, 5.41) is 2.46. The van der Waals surface area contributed by atoms with E-state index < -0.39 is 35.1 Å². The van der Waals surface area contributed by atoms with Crippen LogP contribution in [0.5, 0.6) is 0 Å². The molecular formula is C18H14F4N2O2. The fraction of sp³-hybridized carbons (Fsp3) is 0.222. The average Bonchev–Trinajstić information content (AvgIpc) is 2.94. The highest BCUT2D eigenvalue weighted by Crippen LogP contribution is 2.32. The lowest BCUT2D eigenvalue weighted by molar-refractivity contribution is -0.138. The van der Waals surface area contributed by atoms with E-state index >= 15 is 0 Å². The number of anilines is 1. The number of benzene rings is 2. The van der Waals surface area contributed by atoms with Crippen molar-refractivity contribution in [3.05, 3.63) is 65.5 Å². The molecule has 1 saturated heterocycles. The summed E-state index contributed by atoms with van der Waals surface area (Å²) in [6.45, 7) is 0.0577. The predicted octanol–water partition coefficient (Wildman–Crippen LogP) is 3.38. The molecule has 0 radical (unpaired) electrons. The van der Waals surface area contributed by atoms with Crippen molar-refractivity contribution in [2.75, 3.05) is 11.4 Å². The summed E-state index contributed by atoms with van der Waals surface area (Å²) in [5.41, 5.74) is -1.21. The van der Waals surface area contributed by atoms with Crippen LogP contribution in [0, 0.1) is 5.82 Å². The third-order valence-electron chi connectivity index (χ3n) is 4.06. The summed E-state index contributed by atoms with van der Waals surface area (Å²) in [7, 11) is 0. The second-order valence-electron chi connectivity index (χ2n) is 5.90. The van der Waals surface area contributed by atoms with Gasteiger partial charge < -0.3 is 10.2 Å². The van der Waals surface area contributed by atoms with Gasteiger partial charge in [0.2, 0.25) is 5.91 Å². The van der Waals surface area contributed by atoms with Gasteiger partial charge in [0.25, 0.3) is 5.91 Å². The first kappa shape index (κ1) is 17.9. The van der Waals surface area contributed by atoms with Crippen molar-refractivity contribution < 1.29 is 27.2 Å². The second-order valence-corrected chi connectivity index (χ2v) is 5.90. The maximum Gasteiger partial charge on any atom is 0.417 e. The van der Waals surface area contributed by atoms with Gasteiger partial charge >= 0.3 is 6.18 Å². The van der Waals surface area contributed by atoms with Crippen LogP contribution in [0.1, 0.15) is 22.3 Å². The van der Waals surface area contributed by atoms with E-state index in [0.29, 0.717) is 5.69 Å². The van der Waals surface area contributed by atoms with E-state index in [1.54, 1.807) is 6.07 Å². The van der Waals surface area contributed by atoms with Gasteiger partial charge in [-0.15, -0.1) is 0 Å². The lowest BCUT2D eigenvalue weighted by atomic mass is 10.1. The minimum absolute atomic E-state index is 0.0577. The number of hydrogen-bond donors (Lipinski definition) is 1. The summed E-state index contributed by atoms with van der Waals surface area (Å²) in [5.74, 6) is -1.76. The van der Waals surface area contributed by atoms with E-state index in [9.17, 15) is 27.2 Å². The van der Waals surface area contributed by atoms with Crippen LogP contribution in [0.4, 0.5) is 23.2 Å². The predicted molar refractivity (Wildman–Crippen MR) is 86.1 cm³/mol.